The Morgan fingerprint density at radius 1 is 0.542 bits per heavy atom. The van der Waals surface area contributed by atoms with Crippen LogP contribution in [0.5, 0.6) is 23.0 Å². The number of hydrogen-bond acceptors (Lipinski definition) is 6. The number of benzene rings is 2. The fourth-order valence-corrected chi connectivity index (χ4v) is 2.01. The molecular weight excluding hydrogens is 308 g/mol. The maximum absolute atomic E-state index is 5.22. The van der Waals surface area contributed by atoms with Gasteiger partial charge < -0.3 is 18.9 Å². The summed E-state index contributed by atoms with van der Waals surface area (Å²) in [7, 11) is 6.40. The zero-order valence-corrected chi connectivity index (χ0v) is 14.1. The minimum atomic E-state index is 0.692. The lowest BCUT2D eigenvalue weighted by Gasteiger charge is -2.05. The molecule has 0 radical (unpaired) electrons. The molecule has 0 saturated carbocycles. The van der Waals surface area contributed by atoms with Crippen LogP contribution in [0.25, 0.3) is 0 Å². The van der Waals surface area contributed by atoms with Gasteiger partial charge in [0, 0.05) is 23.3 Å². The maximum atomic E-state index is 5.22. The van der Waals surface area contributed by atoms with E-state index in [1.54, 1.807) is 53.0 Å². The third-order valence-electron chi connectivity index (χ3n) is 3.23. The average Bonchev–Trinajstić information content (AvgIpc) is 2.64. The molecule has 0 aliphatic heterocycles. The van der Waals surface area contributed by atoms with Gasteiger partial charge in [0.25, 0.3) is 0 Å². The summed E-state index contributed by atoms with van der Waals surface area (Å²) in [4.78, 5) is 0. The monoisotopic (exact) mass is 328 g/mol. The van der Waals surface area contributed by atoms with Crippen molar-refractivity contribution in [3.05, 3.63) is 47.5 Å². The number of hydrogen-bond donors (Lipinski definition) is 0. The summed E-state index contributed by atoms with van der Waals surface area (Å²) in [5, 5.41) is 8.10. The van der Waals surface area contributed by atoms with Gasteiger partial charge in [-0.3, -0.25) is 0 Å². The van der Waals surface area contributed by atoms with Gasteiger partial charge in [-0.15, -0.1) is 0 Å². The van der Waals surface area contributed by atoms with Gasteiger partial charge >= 0.3 is 0 Å². The van der Waals surface area contributed by atoms with E-state index in [1.807, 2.05) is 24.3 Å². The molecule has 126 valence electrons. The van der Waals surface area contributed by atoms with E-state index in [-0.39, 0.29) is 0 Å². The summed E-state index contributed by atoms with van der Waals surface area (Å²) >= 11 is 0. The van der Waals surface area contributed by atoms with E-state index < -0.39 is 0 Å². The molecule has 0 fully saturated rings. The van der Waals surface area contributed by atoms with Gasteiger partial charge in [-0.25, -0.2) is 0 Å². The van der Waals surface area contributed by atoms with Crippen LogP contribution in [0.15, 0.2) is 46.6 Å². The van der Waals surface area contributed by atoms with Gasteiger partial charge in [0.1, 0.15) is 23.0 Å². The van der Waals surface area contributed by atoms with E-state index in [0.717, 1.165) is 11.1 Å². The Bertz CT molecular complexity index is 634. The van der Waals surface area contributed by atoms with Crippen LogP contribution in [-0.4, -0.2) is 40.9 Å². The third-order valence-corrected chi connectivity index (χ3v) is 3.23. The van der Waals surface area contributed by atoms with Crippen LogP contribution < -0.4 is 18.9 Å². The smallest absolute Gasteiger partial charge is 0.123 e. The third kappa shape index (κ3) is 4.74. The Labute approximate surface area is 141 Å². The molecule has 0 atom stereocenters. The van der Waals surface area contributed by atoms with Crippen molar-refractivity contribution in [2.75, 3.05) is 28.4 Å². The molecule has 0 aromatic heterocycles. The van der Waals surface area contributed by atoms with E-state index in [2.05, 4.69) is 10.2 Å². The van der Waals surface area contributed by atoms with Gasteiger partial charge in [0.05, 0.1) is 40.9 Å². The second kappa shape index (κ2) is 8.57. The van der Waals surface area contributed by atoms with Crippen molar-refractivity contribution in [3.8, 4) is 23.0 Å². The fraction of sp³-hybridized carbons (Fsp3) is 0.222. The van der Waals surface area contributed by atoms with Gasteiger partial charge in [0.15, 0.2) is 0 Å². The van der Waals surface area contributed by atoms with Crippen LogP contribution in [0.4, 0.5) is 0 Å². The first-order valence-corrected chi connectivity index (χ1v) is 7.21. The molecule has 0 heterocycles. The summed E-state index contributed by atoms with van der Waals surface area (Å²) in [5.41, 5.74) is 1.65. The lowest BCUT2D eigenvalue weighted by Crippen LogP contribution is -1.91. The molecule has 0 bridgehead atoms. The maximum Gasteiger partial charge on any atom is 0.123 e. The highest BCUT2D eigenvalue weighted by molar-refractivity contribution is 5.84. The molecule has 0 amide bonds. The predicted octanol–water partition coefficient (Wildman–Crippen LogP) is 3.17. The molecule has 2 aromatic carbocycles. The normalized spacial score (nSPS) is 11.0. The Morgan fingerprint density at radius 3 is 1.08 bits per heavy atom. The van der Waals surface area contributed by atoms with Crippen molar-refractivity contribution in [1.82, 2.24) is 0 Å². The Hall–Kier alpha value is -3.02. The summed E-state index contributed by atoms with van der Waals surface area (Å²) in [6.07, 6.45) is 3.25. The van der Waals surface area contributed by atoms with E-state index in [4.69, 9.17) is 18.9 Å². The molecule has 24 heavy (non-hydrogen) atoms. The minimum Gasteiger partial charge on any atom is -0.497 e. The Morgan fingerprint density at radius 2 is 0.833 bits per heavy atom. The second-order valence-corrected chi connectivity index (χ2v) is 4.78. The highest BCUT2D eigenvalue weighted by Gasteiger charge is 2.01. The van der Waals surface area contributed by atoms with Crippen LogP contribution in [0.1, 0.15) is 11.1 Å². The highest BCUT2D eigenvalue weighted by Crippen LogP contribution is 2.22. The lowest BCUT2D eigenvalue weighted by molar-refractivity contribution is 0.394. The van der Waals surface area contributed by atoms with Crippen LogP contribution in [0.3, 0.4) is 0 Å². The fourth-order valence-electron chi connectivity index (χ4n) is 2.01. The Kier molecular flexibility index (Phi) is 6.19. The first kappa shape index (κ1) is 17.3. The van der Waals surface area contributed by atoms with Gasteiger partial charge in [-0.2, -0.15) is 10.2 Å². The van der Waals surface area contributed by atoms with Gasteiger partial charge in [-0.1, -0.05) is 0 Å². The van der Waals surface area contributed by atoms with Crippen LogP contribution in [0, 0.1) is 0 Å². The molecule has 2 rings (SSSR count). The molecule has 2 aromatic rings. The number of rotatable bonds is 7. The second-order valence-electron chi connectivity index (χ2n) is 4.78. The molecule has 0 aliphatic rings. The van der Waals surface area contributed by atoms with Crippen molar-refractivity contribution in [2.24, 2.45) is 10.2 Å². The van der Waals surface area contributed by atoms with E-state index in [9.17, 15) is 0 Å². The lowest BCUT2D eigenvalue weighted by atomic mass is 10.2. The summed E-state index contributed by atoms with van der Waals surface area (Å²) in [6.45, 7) is 0. The largest absolute Gasteiger partial charge is 0.497 e. The first-order valence-electron chi connectivity index (χ1n) is 7.21. The van der Waals surface area contributed by atoms with E-state index in [1.165, 1.54) is 0 Å². The van der Waals surface area contributed by atoms with Crippen LogP contribution in [-0.2, 0) is 0 Å². The van der Waals surface area contributed by atoms with Crippen molar-refractivity contribution < 1.29 is 18.9 Å². The van der Waals surface area contributed by atoms with E-state index in [0.29, 0.717) is 23.0 Å². The van der Waals surface area contributed by atoms with Crippen LogP contribution in [0.2, 0.25) is 0 Å². The minimum absolute atomic E-state index is 0.692. The molecule has 0 spiro atoms. The SMILES string of the molecule is COc1cc(/C=N\N=C/c2cc(OC)cc(OC)c2)cc(OC)c1. The van der Waals surface area contributed by atoms with Gasteiger partial charge in [0.2, 0.25) is 0 Å². The van der Waals surface area contributed by atoms with Crippen LogP contribution >= 0.6 is 0 Å². The summed E-state index contributed by atoms with van der Waals surface area (Å²) in [6, 6.07) is 11.0. The predicted molar refractivity (Wildman–Crippen MR) is 94.3 cm³/mol. The number of ether oxygens (including phenoxy) is 4. The average molecular weight is 328 g/mol. The van der Waals surface area contributed by atoms with Crippen molar-refractivity contribution in [1.29, 1.82) is 0 Å². The van der Waals surface area contributed by atoms with Crippen molar-refractivity contribution >= 4 is 12.4 Å². The molecule has 0 unspecified atom stereocenters. The zero-order chi connectivity index (χ0) is 17.4. The molecule has 6 nitrogen and oxygen atoms in total. The molecular formula is C18H20N2O4. The molecule has 0 aliphatic carbocycles. The Balaban J connectivity index is 2.15. The van der Waals surface area contributed by atoms with Crippen molar-refractivity contribution in [2.45, 2.75) is 0 Å². The summed E-state index contributed by atoms with van der Waals surface area (Å²) < 4.78 is 20.9. The zero-order valence-electron chi connectivity index (χ0n) is 14.1. The first-order chi connectivity index (χ1) is 11.7. The highest BCUT2D eigenvalue weighted by atomic mass is 16.5. The van der Waals surface area contributed by atoms with Crippen molar-refractivity contribution in [3.63, 3.8) is 0 Å². The van der Waals surface area contributed by atoms with Gasteiger partial charge in [-0.05, 0) is 24.3 Å². The molecule has 6 heteroatoms. The standard InChI is InChI=1S/C18H20N2O4/c1-21-15-5-13(6-16(9-15)22-2)11-19-20-12-14-7-17(23-3)10-18(8-14)24-4/h5-12H,1-4H3/b19-11-,20-12-. The topological polar surface area (TPSA) is 61.6 Å². The van der Waals surface area contributed by atoms with E-state index >= 15 is 0 Å². The quantitative estimate of drug-likeness (QED) is 0.578. The summed E-state index contributed by atoms with van der Waals surface area (Å²) in [5.74, 6) is 2.77. The number of nitrogens with zero attached hydrogens (tertiary/aromatic N) is 2. The molecule has 0 N–H and O–H groups in total. The number of methoxy groups -OCH3 is 4. The molecule has 0 saturated heterocycles.